The van der Waals surface area contributed by atoms with Crippen LogP contribution < -0.4 is 4.90 Å². The number of hydrogen-bond donors (Lipinski definition) is 1. The summed E-state index contributed by atoms with van der Waals surface area (Å²) in [4.78, 5) is 5.17. The van der Waals surface area contributed by atoms with Gasteiger partial charge in [0.15, 0.2) is 11.1 Å². The molecule has 1 heterocycles. The van der Waals surface area contributed by atoms with E-state index in [0.717, 1.165) is 10.2 Å². The van der Waals surface area contributed by atoms with E-state index in [0.29, 0.717) is 11.3 Å². The minimum absolute atomic E-state index is 0.0174. The summed E-state index contributed by atoms with van der Waals surface area (Å²) in [6.07, 6.45) is -4.70. The van der Waals surface area contributed by atoms with E-state index in [4.69, 9.17) is 0 Å². The molecule has 0 radical (unpaired) electrons. The molecule has 1 unspecified atom stereocenters. The van der Waals surface area contributed by atoms with Crippen LogP contribution in [0.4, 0.5) is 19.1 Å². The van der Waals surface area contributed by atoms with Crippen LogP contribution in [0.25, 0.3) is 5.69 Å². The third-order valence-corrected chi connectivity index (χ3v) is 4.79. The highest BCUT2D eigenvalue weighted by molar-refractivity contribution is 7.79. The van der Waals surface area contributed by atoms with Crippen LogP contribution in [0.5, 0.6) is 0 Å². The molecule has 0 aliphatic carbocycles. The third kappa shape index (κ3) is 4.32. The zero-order valence-electron chi connectivity index (χ0n) is 16.0. The fourth-order valence-corrected chi connectivity index (χ4v) is 3.44. The molecule has 0 aliphatic heterocycles. The van der Waals surface area contributed by atoms with Crippen molar-refractivity contribution in [1.82, 2.24) is 14.8 Å². The number of hydrogen-bond acceptors (Lipinski definition) is 4. The van der Waals surface area contributed by atoms with E-state index in [2.05, 4.69) is 10.1 Å². The number of alkyl halides is 3. The van der Waals surface area contributed by atoms with E-state index < -0.39 is 23.1 Å². The van der Waals surface area contributed by atoms with E-state index in [1.807, 2.05) is 27.7 Å². The van der Waals surface area contributed by atoms with Crippen molar-refractivity contribution in [1.29, 1.82) is 0 Å². The van der Waals surface area contributed by atoms with Crippen molar-refractivity contribution in [3.63, 3.8) is 0 Å². The molecular formula is C17H23F3N4O2S. The Balaban J connectivity index is 2.87. The van der Waals surface area contributed by atoms with Crippen molar-refractivity contribution in [2.24, 2.45) is 0 Å². The average Bonchev–Trinajstić information content (AvgIpc) is 2.98. The maximum Gasteiger partial charge on any atom is 0.453 e. The van der Waals surface area contributed by atoms with Crippen LogP contribution in [0.15, 0.2) is 17.0 Å². The summed E-state index contributed by atoms with van der Waals surface area (Å²) in [7, 11) is 3.12. The van der Waals surface area contributed by atoms with Crippen LogP contribution in [0, 0.1) is 0 Å². The average molecular weight is 404 g/mol. The van der Waals surface area contributed by atoms with Gasteiger partial charge in [0.1, 0.15) is 0 Å². The van der Waals surface area contributed by atoms with Gasteiger partial charge in [0, 0.05) is 14.1 Å². The predicted octanol–water partition coefficient (Wildman–Crippen LogP) is 4.18. The Kier molecular flexibility index (Phi) is 6.00. The van der Waals surface area contributed by atoms with Gasteiger partial charge in [-0.15, -0.1) is 5.10 Å². The molecule has 27 heavy (non-hydrogen) atoms. The Hall–Kier alpha value is -1.94. The first-order valence-corrected chi connectivity index (χ1v) is 9.45. The summed E-state index contributed by atoms with van der Waals surface area (Å²) in [5.41, 5.74) is 1.69. The fraction of sp³-hybridized carbons (Fsp3) is 0.529. The van der Waals surface area contributed by atoms with E-state index in [1.54, 1.807) is 20.2 Å². The summed E-state index contributed by atoms with van der Waals surface area (Å²) >= 11 is -2.29. The quantitative estimate of drug-likeness (QED) is 0.757. The van der Waals surface area contributed by atoms with Gasteiger partial charge in [-0.25, -0.2) is 4.21 Å². The number of rotatable bonds is 5. The monoisotopic (exact) mass is 404 g/mol. The number of anilines is 1. The Bertz CT molecular complexity index is 861. The Morgan fingerprint density at radius 1 is 1.11 bits per heavy atom. The van der Waals surface area contributed by atoms with Crippen molar-refractivity contribution in [2.75, 3.05) is 19.0 Å². The summed E-state index contributed by atoms with van der Waals surface area (Å²) in [6.45, 7) is 7.57. The second-order valence-corrected chi connectivity index (χ2v) is 7.98. The van der Waals surface area contributed by atoms with Crippen LogP contribution in [0.2, 0.25) is 0 Å². The predicted molar refractivity (Wildman–Crippen MR) is 97.9 cm³/mol. The van der Waals surface area contributed by atoms with E-state index in [1.165, 1.54) is 11.0 Å². The second-order valence-electron chi connectivity index (χ2n) is 7.05. The van der Waals surface area contributed by atoms with Crippen molar-refractivity contribution in [3.05, 3.63) is 29.1 Å². The molecule has 2 rings (SSSR count). The van der Waals surface area contributed by atoms with Crippen molar-refractivity contribution < 1.29 is 21.9 Å². The lowest BCUT2D eigenvalue weighted by atomic mass is 9.94. The number of benzene rings is 1. The molecule has 0 fully saturated rings. The van der Waals surface area contributed by atoms with Crippen LogP contribution in [0.1, 0.15) is 56.5 Å². The lowest BCUT2D eigenvalue weighted by molar-refractivity contribution is -0.144. The number of halogens is 3. The fourth-order valence-electron chi connectivity index (χ4n) is 2.73. The van der Waals surface area contributed by atoms with Crippen LogP contribution in [-0.4, -0.2) is 37.6 Å². The van der Waals surface area contributed by atoms with Crippen molar-refractivity contribution >= 4 is 17.0 Å². The molecule has 0 saturated heterocycles. The smallest absolute Gasteiger partial charge is 0.347 e. The highest BCUT2D eigenvalue weighted by atomic mass is 32.2. The molecule has 10 heteroatoms. The van der Waals surface area contributed by atoms with Gasteiger partial charge in [-0.05, 0) is 29.0 Å². The molecule has 1 aromatic heterocycles. The third-order valence-electron chi connectivity index (χ3n) is 4.06. The van der Waals surface area contributed by atoms with Gasteiger partial charge in [0.2, 0.25) is 5.95 Å². The van der Waals surface area contributed by atoms with E-state index >= 15 is 0 Å². The Morgan fingerprint density at radius 3 is 2.07 bits per heavy atom. The molecule has 0 spiro atoms. The zero-order chi connectivity index (χ0) is 20.7. The van der Waals surface area contributed by atoms with Crippen molar-refractivity contribution in [3.8, 4) is 5.69 Å². The summed E-state index contributed by atoms with van der Waals surface area (Å²) in [6, 6.07) is 3.20. The van der Waals surface area contributed by atoms with Crippen LogP contribution in [0.3, 0.4) is 0 Å². The molecule has 150 valence electrons. The van der Waals surface area contributed by atoms with Gasteiger partial charge in [-0.3, -0.25) is 0 Å². The lowest BCUT2D eigenvalue weighted by Gasteiger charge is -2.21. The minimum Gasteiger partial charge on any atom is -0.347 e. The number of aromatic nitrogens is 3. The van der Waals surface area contributed by atoms with Gasteiger partial charge in [-0.2, -0.15) is 22.8 Å². The first kappa shape index (κ1) is 21.4. The van der Waals surface area contributed by atoms with Crippen molar-refractivity contribution in [2.45, 2.75) is 50.6 Å². The molecule has 1 aromatic carbocycles. The maximum absolute atomic E-state index is 13.2. The minimum atomic E-state index is -4.70. The molecule has 2 aromatic rings. The van der Waals surface area contributed by atoms with Crippen LogP contribution >= 0.6 is 0 Å². The molecule has 0 saturated carbocycles. The van der Waals surface area contributed by atoms with Gasteiger partial charge < -0.3 is 9.45 Å². The number of nitrogens with zero attached hydrogens (tertiary/aromatic N) is 4. The van der Waals surface area contributed by atoms with Crippen LogP contribution in [-0.2, 0) is 17.3 Å². The normalized spacial score (nSPS) is 13.5. The Labute approximate surface area is 158 Å². The topological polar surface area (TPSA) is 71.2 Å². The van der Waals surface area contributed by atoms with Gasteiger partial charge in [0.25, 0.3) is 5.82 Å². The molecule has 0 bridgehead atoms. The van der Waals surface area contributed by atoms with Gasteiger partial charge in [0.05, 0.1) is 10.6 Å². The molecule has 6 nitrogen and oxygen atoms in total. The van der Waals surface area contributed by atoms with Gasteiger partial charge >= 0.3 is 6.18 Å². The molecule has 0 aliphatic rings. The molecule has 0 amide bonds. The highest BCUT2D eigenvalue weighted by Crippen LogP contribution is 2.35. The molecular weight excluding hydrogens is 381 g/mol. The summed E-state index contributed by atoms with van der Waals surface area (Å²) in [5, 5.41) is 3.65. The molecule has 1 atom stereocenters. The molecule has 1 N–H and O–H groups in total. The highest BCUT2D eigenvalue weighted by Gasteiger charge is 2.38. The zero-order valence-corrected chi connectivity index (χ0v) is 16.8. The first-order chi connectivity index (χ1) is 12.3. The largest absolute Gasteiger partial charge is 0.453 e. The summed E-state index contributed by atoms with van der Waals surface area (Å²) in [5.74, 6) is -1.36. The van der Waals surface area contributed by atoms with E-state index in [-0.39, 0.29) is 22.7 Å². The second kappa shape index (κ2) is 7.59. The SMILES string of the molecule is CC(C)c1cc(C(C)C)c(S(=O)O)cc1-n1nc(C(F)(F)F)nc1N(C)C. The Morgan fingerprint density at radius 2 is 1.67 bits per heavy atom. The maximum atomic E-state index is 13.2. The summed E-state index contributed by atoms with van der Waals surface area (Å²) < 4.78 is 62.1. The standard InChI is InChI=1S/C17H23F3N4O2S/c1-9(2)11-7-12(10(3)4)14(27(25)26)8-13(11)24-16(23(5)6)21-15(22-24)17(18,19)20/h7-10H,1-6H3,(H,25,26). The first-order valence-electron chi connectivity index (χ1n) is 8.35. The lowest BCUT2D eigenvalue weighted by Crippen LogP contribution is -2.17. The van der Waals surface area contributed by atoms with E-state index in [9.17, 15) is 21.9 Å². The van der Waals surface area contributed by atoms with Gasteiger partial charge in [-0.1, -0.05) is 33.8 Å².